The van der Waals surface area contributed by atoms with Crippen molar-refractivity contribution in [3.05, 3.63) is 227 Å². The fraction of sp³-hybridized carbons (Fsp3) is 0.560. The average Bonchev–Trinajstić information content (AvgIpc) is 1.55. The van der Waals surface area contributed by atoms with Gasteiger partial charge in [0.15, 0.2) is 30.8 Å². The van der Waals surface area contributed by atoms with Crippen molar-refractivity contribution in [1.29, 1.82) is 0 Å². The summed E-state index contributed by atoms with van der Waals surface area (Å²) in [5.74, 6) is 1.18. The lowest BCUT2D eigenvalue weighted by Crippen LogP contribution is -2.68. The molecule has 584 valence electrons. The monoisotopic (exact) mass is 1490 g/mol. The van der Waals surface area contributed by atoms with E-state index in [0.717, 1.165) is 84.9 Å². The van der Waals surface area contributed by atoms with E-state index in [1.807, 2.05) is 196 Å². The van der Waals surface area contributed by atoms with E-state index < -0.39 is 116 Å². The van der Waals surface area contributed by atoms with E-state index in [2.05, 4.69) is 33.8 Å². The Morgan fingerprint density at radius 2 is 0.908 bits per heavy atom. The molecule has 0 amide bonds. The lowest BCUT2D eigenvalue weighted by Gasteiger charge is -2.59. The first-order valence-electron chi connectivity index (χ1n) is 40.2. The molecule has 3 saturated carbocycles. The van der Waals surface area contributed by atoms with Crippen molar-refractivity contribution in [3.63, 3.8) is 0 Å². The Morgan fingerprint density at radius 1 is 0.459 bits per heavy atom. The Balaban J connectivity index is 0.808. The Kier molecular flexibility index (Phi) is 24.8. The third kappa shape index (κ3) is 17.4. The lowest BCUT2D eigenvalue weighted by atomic mass is 9.47. The predicted molar refractivity (Wildman–Crippen MR) is 406 cm³/mol. The summed E-state index contributed by atoms with van der Waals surface area (Å²) in [7, 11) is 0. The van der Waals surface area contributed by atoms with Crippen LogP contribution in [0, 0.1) is 46.3 Å². The lowest BCUT2D eigenvalue weighted by molar-refractivity contribution is -0.401. The van der Waals surface area contributed by atoms with Crippen LogP contribution in [0.5, 0.6) is 0 Å². The van der Waals surface area contributed by atoms with Crippen LogP contribution in [0.1, 0.15) is 147 Å². The van der Waals surface area contributed by atoms with E-state index in [1.165, 1.54) is 19.4 Å². The summed E-state index contributed by atoms with van der Waals surface area (Å²) in [5, 5.41) is 0. The Hall–Kier alpha value is -6.56. The normalized spacial score (nSPS) is 37.5. The van der Waals surface area contributed by atoms with Gasteiger partial charge in [0, 0.05) is 26.2 Å². The zero-order valence-electron chi connectivity index (χ0n) is 64.5. The highest BCUT2D eigenvalue weighted by molar-refractivity contribution is 5.66. The molecular formula is C91H112O18. The maximum atomic E-state index is 14.1. The summed E-state index contributed by atoms with van der Waals surface area (Å²) in [6.07, 6.45) is -4.70. The minimum absolute atomic E-state index is 0.0831. The van der Waals surface area contributed by atoms with E-state index in [9.17, 15) is 9.59 Å². The van der Waals surface area contributed by atoms with E-state index in [4.69, 9.17) is 75.8 Å². The molecule has 6 aromatic rings. The predicted octanol–water partition coefficient (Wildman–Crippen LogP) is 15.7. The van der Waals surface area contributed by atoms with Gasteiger partial charge in [0.2, 0.25) is 0 Å². The SMILES string of the molecule is CC(=O)OC[C@H]1O[C@@H](O[C@H]2CC[C@@]3(C)C(=CC[C@H]4[C@@H]5C[C@@H]6O[C@]7(CC[C@@H](C)CO7)[C@@H](C)[C@@H]6[C@@]5(C)CC[C@@H]43)C2)[C@H](O[C@@H]2O[C@@H](C)[C@H](OCc3ccccc3)[C@@H](OCc3ccccc3)[C@H]2OCc2ccccc2)[C@@H](O[C@@H]2O[C@@H](C)[C@H](OCc3ccccc3)[C@@H](OCc3ccccc3)[C@H]2OCc2ccccc2)[C@@H]1OC(C)=O. The first-order valence-corrected chi connectivity index (χ1v) is 40.2. The third-order valence-corrected chi connectivity index (χ3v) is 25.7. The highest BCUT2D eigenvalue weighted by Crippen LogP contribution is 2.71. The van der Waals surface area contributed by atoms with Crippen molar-refractivity contribution in [2.24, 2.45) is 46.3 Å². The molecule has 5 aliphatic heterocycles. The topological polar surface area (TPSA) is 182 Å². The number of allylic oxidation sites excluding steroid dienone is 1. The zero-order valence-corrected chi connectivity index (χ0v) is 64.5. The van der Waals surface area contributed by atoms with E-state index >= 15 is 0 Å². The van der Waals surface area contributed by atoms with Crippen LogP contribution < -0.4 is 0 Å². The molecule has 0 aromatic heterocycles. The molecular weight excluding hydrogens is 1380 g/mol. The Bertz CT molecular complexity index is 3900. The van der Waals surface area contributed by atoms with E-state index in [1.54, 1.807) is 0 Å². The van der Waals surface area contributed by atoms with Gasteiger partial charge < -0.3 is 75.8 Å². The molecule has 5 heterocycles. The summed E-state index contributed by atoms with van der Waals surface area (Å²) < 4.78 is 114. The number of carbonyl (C=O) groups excluding carboxylic acids is 2. The number of esters is 2. The molecule has 5 saturated heterocycles. The molecule has 0 N–H and O–H groups in total. The van der Waals surface area contributed by atoms with Crippen LogP contribution in [-0.2, 0) is 125 Å². The van der Waals surface area contributed by atoms with Crippen LogP contribution in [0.15, 0.2) is 194 Å². The maximum absolute atomic E-state index is 14.1. The Morgan fingerprint density at radius 3 is 1.36 bits per heavy atom. The molecule has 0 unspecified atom stereocenters. The number of carbonyl (C=O) groups is 2. The van der Waals surface area contributed by atoms with Crippen LogP contribution >= 0.6 is 0 Å². The van der Waals surface area contributed by atoms with Gasteiger partial charge >= 0.3 is 11.9 Å². The minimum atomic E-state index is -1.37. The van der Waals surface area contributed by atoms with E-state index in [-0.39, 0.29) is 63.2 Å². The summed E-state index contributed by atoms with van der Waals surface area (Å²) in [5.41, 5.74) is 7.05. The zero-order chi connectivity index (χ0) is 75.2. The second-order valence-electron chi connectivity index (χ2n) is 32.9. The fourth-order valence-electron chi connectivity index (χ4n) is 20.2. The molecule has 26 atom stereocenters. The van der Waals surface area contributed by atoms with Crippen LogP contribution in [-0.4, -0.2) is 135 Å². The van der Waals surface area contributed by atoms with Crippen LogP contribution in [0.25, 0.3) is 0 Å². The van der Waals surface area contributed by atoms with Crippen LogP contribution in [0.3, 0.4) is 0 Å². The number of fused-ring (bicyclic) bond motifs is 7. The molecule has 109 heavy (non-hydrogen) atoms. The van der Waals surface area contributed by atoms with Gasteiger partial charge in [-0.2, -0.15) is 0 Å². The summed E-state index contributed by atoms with van der Waals surface area (Å²) in [6.45, 7) is 17.9. The smallest absolute Gasteiger partial charge is 0.303 e. The quantitative estimate of drug-likeness (QED) is 0.0350. The number of rotatable bonds is 27. The molecule has 18 nitrogen and oxygen atoms in total. The van der Waals surface area contributed by atoms with Crippen molar-refractivity contribution < 1.29 is 85.4 Å². The first-order chi connectivity index (χ1) is 53.0. The second kappa shape index (κ2) is 34.8. The molecule has 4 aliphatic carbocycles. The number of hydrogen-bond acceptors (Lipinski definition) is 18. The van der Waals surface area contributed by atoms with Crippen LogP contribution in [0.4, 0.5) is 0 Å². The van der Waals surface area contributed by atoms with Gasteiger partial charge in [0.25, 0.3) is 0 Å². The first kappa shape index (κ1) is 77.7. The van der Waals surface area contributed by atoms with E-state index in [0.29, 0.717) is 48.3 Å². The summed E-state index contributed by atoms with van der Waals surface area (Å²) in [4.78, 5) is 27.4. The molecule has 9 aliphatic rings. The van der Waals surface area contributed by atoms with Crippen molar-refractivity contribution in [2.75, 3.05) is 13.2 Å². The van der Waals surface area contributed by atoms with Gasteiger partial charge in [-0.15, -0.1) is 0 Å². The molecule has 15 rings (SSSR count). The standard InChI is InChI=1S/C91H112O18/c1-57-41-46-91(101-49-57)58(2)76-74(109-91)48-73-71-40-39-69-47-70(42-44-89(69,7)72(71)43-45-90(73,76)8)105-88-85(108-87-84(100-55-68-37-25-14-26-38-68)81(98-53-66-33-21-12-22-34-66)78(60(4)103-87)96-51-64-29-17-10-18-30-64)82(79(104-62(6)93)75(106-88)56-94-61(5)92)107-86-83(99-54-67-35-23-13-24-36-67)80(97-52-65-31-19-11-20-32-65)77(59(3)102-86)95-50-63-27-15-9-16-28-63/h9-39,57-60,70-88H,40-56H2,1-8H3/t57-,58+,59+,60+,70+,71-,72+,73+,74+,75-,76+,77+,78+,79-,80-,81-,82+,83-,84-,85-,86+,87+,88-,89+,90+,91-/m1/s1. The van der Waals surface area contributed by atoms with Gasteiger partial charge in [-0.05, 0) is 139 Å². The Labute approximate surface area is 643 Å². The molecule has 18 heteroatoms. The minimum Gasteiger partial charge on any atom is -0.463 e. The average molecular weight is 1490 g/mol. The third-order valence-electron chi connectivity index (χ3n) is 25.7. The van der Waals surface area contributed by atoms with Crippen molar-refractivity contribution >= 4 is 11.9 Å². The number of hydrogen-bond donors (Lipinski definition) is 0. The molecule has 6 aromatic carbocycles. The van der Waals surface area contributed by atoms with Crippen molar-refractivity contribution in [1.82, 2.24) is 0 Å². The van der Waals surface area contributed by atoms with Gasteiger partial charge in [-0.3, -0.25) is 9.59 Å². The van der Waals surface area contributed by atoms with Gasteiger partial charge in [0.1, 0.15) is 61.5 Å². The van der Waals surface area contributed by atoms with Gasteiger partial charge in [-0.25, -0.2) is 0 Å². The van der Waals surface area contributed by atoms with Crippen molar-refractivity contribution in [3.8, 4) is 0 Å². The largest absolute Gasteiger partial charge is 0.463 e. The maximum Gasteiger partial charge on any atom is 0.303 e. The second-order valence-corrected chi connectivity index (χ2v) is 32.9. The van der Waals surface area contributed by atoms with Crippen LogP contribution in [0.2, 0.25) is 0 Å². The highest BCUT2D eigenvalue weighted by atomic mass is 16.8. The highest BCUT2D eigenvalue weighted by Gasteiger charge is 2.69. The molecule has 0 bridgehead atoms. The fourth-order valence-corrected chi connectivity index (χ4v) is 20.2. The number of ether oxygens (including phenoxy) is 16. The molecule has 1 spiro atoms. The number of benzene rings is 6. The molecule has 0 radical (unpaired) electrons. The molecule has 8 fully saturated rings. The summed E-state index contributed by atoms with van der Waals surface area (Å²) in [6, 6.07) is 59.8. The van der Waals surface area contributed by atoms with Gasteiger partial charge in [-0.1, -0.05) is 221 Å². The van der Waals surface area contributed by atoms with Gasteiger partial charge in [0.05, 0.1) is 70.7 Å². The van der Waals surface area contributed by atoms with Crippen molar-refractivity contribution in [2.45, 2.75) is 263 Å². The summed E-state index contributed by atoms with van der Waals surface area (Å²) >= 11 is 0.